The second kappa shape index (κ2) is 6.39. The van der Waals surface area contributed by atoms with Gasteiger partial charge in [0, 0.05) is 13.2 Å². The molecule has 6 heteroatoms. The van der Waals surface area contributed by atoms with Crippen LogP contribution in [0.25, 0.3) is 0 Å². The minimum Gasteiger partial charge on any atom is -0.476 e. The molecule has 0 saturated heterocycles. The van der Waals surface area contributed by atoms with Crippen molar-refractivity contribution in [1.82, 2.24) is 9.97 Å². The Balaban J connectivity index is 2.70. The number of nitrogens with zero attached hydrogens (tertiary/aromatic N) is 2. The summed E-state index contributed by atoms with van der Waals surface area (Å²) in [6.45, 7) is 9.65. The molecule has 0 unspecified atom stereocenters. The normalized spacial score (nSPS) is 11.3. The molecule has 1 aromatic heterocycles. The van der Waals surface area contributed by atoms with Crippen molar-refractivity contribution in [3.63, 3.8) is 0 Å². The van der Waals surface area contributed by atoms with E-state index in [4.69, 9.17) is 15.2 Å². The van der Waals surface area contributed by atoms with Crippen LogP contribution in [-0.2, 0) is 4.74 Å². The number of nitrogen functional groups attached to an aromatic ring is 1. The fourth-order valence-electron chi connectivity index (χ4n) is 1.51. The van der Waals surface area contributed by atoms with Crippen LogP contribution in [0.1, 0.15) is 27.7 Å². The SMILES string of the molecule is CCOc1ncnc(NCC(C)(C)OCC)c1N. The van der Waals surface area contributed by atoms with E-state index in [0.717, 1.165) is 0 Å². The Kier molecular flexibility index (Phi) is 5.15. The summed E-state index contributed by atoms with van der Waals surface area (Å²) in [4.78, 5) is 8.08. The molecule has 0 atom stereocenters. The van der Waals surface area contributed by atoms with E-state index in [1.54, 1.807) is 0 Å². The quantitative estimate of drug-likeness (QED) is 0.770. The number of ether oxygens (including phenoxy) is 2. The van der Waals surface area contributed by atoms with Crippen LogP contribution < -0.4 is 15.8 Å². The molecule has 1 rings (SSSR count). The maximum atomic E-state index is 5.92. The first-order valence-electron chi connectivity index (χ1n) is 6.11. The average molecular weight is 254 g/mol. The molecule has 3 N–H and O–H groups in total. The molecule has 0 spiro atoms. The summed E-state index contributed by atoms with van der Waals surface area (Å²) in [5.74, 6) is 0.977. The lowest BCUT2D eigenvalue weighted by molar-refractivity contribution is 0.000648. The molecule has 6 nitrogen and oxygen atoms in total. The first kappa shape index (κ1) is 14.5. The molecule has 0 aliphatic rings. The lowest BCUT2D eigenvalue weighted by Gasteiger charge is -2.25. The third-order valence-corrected chi connectivity index (χ3v) is 2.35. The molecule has 0 amide bonds. The maximum absolute atomic E-state index is 5.92. The fraction of sp³-hybridized carbons (Fsp3) is 0.667. The number of aromatic nitrogens is 2. The van der Waals surface area contributed by atoms with E-state index in [-0.39, 0.29) is 5.60 Å². The Bertz CT molecular complexity index is 382. The number of rotatable bonds is 7. The largest absolute Gasteiger partial charge is 0.476 e. The van der Waals surface area contributed by atoms with Crippen molar-refractivity contribution in [1.29, 1.82) is 0 Å². The number of nitrogens with two attached hydrogens (primary N) is 1. The summed E-state index contributed by atoms with van der Waals surface area (Å²) in [6.07, 6.45) is 1.43. The molecule has 0 saturated carbocycles. The Morgan fingerprint density at radius 1 is 1.28 bits per heavy atom. The van der Waals surface area contributed by atoms with Crippen LogP contribution in [0.2, 0.25) is 0 Å². The summed E-state index contributed by atoms with van der Waals surface area (Å²) < 4.78 is 10.9. The predicted molar refractivity (Wildman–Crippen MR) is 71.8 cm³/mol. The van der Waals surface area contributed by atoms with Crippen LogP contribution in [0.15, 0.2) is 6.33 Å². The summed E-state index contributed by atoms with van der Waals surface area (Å²) in [6, 6.07) is 0. The Labute approximate surface area is 108 Å². The van der Waals surface area contributed by atoms with Gasteiger partial charge in [0.2, 0.25) is 5.88 Å². The van der Waals surface area contributed by atoms with E-state index in [9.17, 15) is 0 Å². The molecule has 0 radical (unpaired) electrons. The minimum atomic E-state index is -0.280. The molecular weight excluding hydrogens is 232 g/mol. The molecule has 18 heavy (non-hydrogen) atoms. The highest BCUT2D eigenvalue weighted by Crippen LogP contribution is 2.25. The standard InChI is InChI=1S/C12H22N4O2/c1-5-17-11-9(13)10(15-8-16-11)14-7-12(3,4)18-6-2/h8H,5-7,13H2,1-4H3,(H,14,15,16). The zero-order valence-corrected chi connectivity index (χ0v) is 11.5. The van der Waals surface area contributed by atoms with E-state index in [1.165, 1.54) is 6.33 Å². The van der Waals surface area contributed by atoms with Crippen LogP contribution in [0, 0.1) is 0 Å². The van der Waals surface area contributed by atoms with Crippen molar-refractivity contribution in [3.8, 4) is 5.88 Å². The summed E-state index contributed by atoms with van der Waals surface area (Å²) >= 11 is 0. The Morgan fingerprint density at radius 3 is 2.61 bits per heavy atom. The lowest BCUT2D eigenvalue weighted by atomic mass is 10.1. The topological polar surface area (TPSA) is 82.3 Å². The van der Waals surface area contributed by atoms with Crippen molar-refractivity contribution < 1.29 is 9.47 Å². The van der Waals surface area contributed by atoms with Crippen molar-refractivity contribution in [2.45, 2.75) is 33.3 Å². The molecule has 0 aliphatic carbocycles. The number of hydrogen-bond donors (Lipinski definition) is 2. The van der Waals surface area contributed by atoms with Gasteiger partial charge in [0.05, 0.1) is 12.2 Å². The fourth-order valence-corrected chi connectivity index (χ4v) is 1.51. The van der Waals surface area contributed by atoms with E-state index >= 15 is 0 Å². The Hall–Kier alpha value is -1.56. The lowest BCUT2D eigenvalue weighted by Crippen LogP contribution is -2.33. The van der Waals surface area contributed by atoms with E-state index in [0.29, 0.717) is 37.1 Å². The van der Waals surface area contributed by atoms with Gasteiger partial charge in [-0.15, -0.1) is 0 Å². The predicted octanol–water partition coefficient (Wildman–Crippen LogP) is 1.68. The van der Waals surface area contributed by atoms with Crippen LogP contribution >= 0.6 is 0 Å². The van der Waals surface area contributed by atoms with Crippen LogP contribution in [0.5, 0.6) is 5.88 Å². The van der Waals surface area contributed by atoms with Crippen molar-refractivity contribution in [3.05, 3.63) is 6.33 Å². The monoisotopic (exact) mass is 254 g/mol. The van der Waals surface area contributed by atoms with Crippen molar-refractivity contribution >= 4 is 11.5 Å². The summed E-state index contributed by atoms with van der Waals surface area (Å²) in [5, 5.41) is 3.16. The van der Waals surface area contributed by atoms with E-state index in [1.807, 2.05) is 27.7 Å². The van der Waals surface area contributed by atoms with Crippen molar-refractivity contribution in [2.75, 3.05) is 30.8 Å². The third kappa shape index (κ3) is 4.03. The maximum Gasteiger partial charge on any atom is 0.242 e. The second-order valence-corrected chi connectivity index (χ2v) is 4.42. The van der Waals surface area contributed by atoms with Gasteiger partial charge < -0.3 is 20.5 Å². The second-order valence-electron chi connectivity index (χ2n) is 4.42. The zero-order valence-electron chi connectivity index (χ0n) is 11.5. The summed E-state index contributed by atoms with van der Waals surface area (Å²) in [5.41, 5.74) is 6.06. The van der Waals surface area contributed by atoms with Crippen molar-refractivity contribution in [2.24, 2.45) is 0 Å². The first-order chi connectivity index (χ1) is 8.50. The number of nitrogens with one attached hydrogen (secondary N) is 1. The molecule has 1 aromatic rings. The summed E-state index contributed by atoms with van der Waals surface area (Å²) in [7, 11) is 0. The number of anilines is 2. The minimum absolute atomic E-state index is 0.280. The highest BCUT2D eigenvalue weighted by molar-refractivity contribution is 5.66. The van der Waals surface area contributed by atoms with Gasteiger partial charge in [0.15, 0.2) is 5.82 Å². The van der Waals surface area contributed by atoms with Gasteiger partial charge in [-0.3, -0.25) is 0 Å². The van der Waals surface area contributed by atoms with Gasteiger partial charge in [0.1, 0.15) is 12.0 Å². The highest BCUT2D eigenvalue weighted by Gasteiger charge is 2.18. The molecule has 102 valence electrons. The van der Waals surface area contributed by atoms with Gasteiger partial charge in [-0.2, -0.15) is 4.98 Å². The average Bonchev–Trinajstić information content (AvgIpc) is 2.30. The van der Waals surface area contributed by atoms with Gasteiger partial charge in [-0.1, -0.05) is 0 Å². The smallest absolute Gasteiger partial charge is 0.242 e. The number of hydrogen-bond acceptors (Lipinski definition) is 6. The van der Waals surface area contributed by atoms with Crippen LogP contribution in [0.4, 0.5) is 11.5 Å². The molecule has 0 aliphatic heterocycles. The molecular formula is C12H22N4O2. The van der Waals surface area contributed by atoms with Gasteiger partial charge >= 0.3 is 0 Å². The molecule has 0 bridgehead atoms. The molecule has 0 fully saturated rings. The highest BCUT2D eigenvalue weighted by atomic mass is 16.5. The molecule has 0 aromatic carbocycles. The van der Waals surface area contributed by atoms with Gasteiger partial charge in [0.25, 0.3) is 0 Å². The van der Waals surface area contributed by atoms with Crippen LogP contribution in [0.3, 0.4) is 0 Å². The van der Waals surface area contributed by atoms with Gasteiger partial charge in [-0.25, -0.2) is 4.98 Å². The first-order valence-corrected chi connectivity index (χ1v) is 6.11. The molecule has 1 heterocycles. The van der Waals surface area contributed by atoms with Crippen LogP contribution in [-0.4, -0.2) is 35.3 Å². The van der Waals surface area contributed by atoms with E-state index in [2.05, 4.69) is 15.3 Å². The Morgan fingerprint density at radius 2 is 2.00 bits per heavy atom. The zero-order chi connectivity index (χ0) is 13.6. The van der Waals surface area contributed by atoms with Gasteiger partial charge in [-0.05, 0) is 27.7 Å². The van der Waals surface area contributed by atoms with E-state index < -0.39 is 0 Å². The third-order valence-electron chi connectivity index (χ3n) is 2.35.